The highest BCUT2D eigenvalue weighted by molar-refractivity contribution is 7.89. The number of carbonyl (C=O) groups excluding carboxylic acids is 1. The largest absolute Gasteiger partial charge is 0.318 e. The Bertz CT molecular complexity index is 1110. The van der Waals surface area contributed by atoms with Crippen LogP contribution in [0.4, 0.5) is 0 Å². The summed E-state index contributed by atoms with van der Waals surface area (Å²) in [5.74, 6) is -0.408. The first kappa shape index (κ1) is 18.3. The number of carbonyl (C=O) groups is 1. The molecule has 0 radical (unpaired) electrons. The molecule has 26 heavy (non-hydrogen) atoms. The summed E-state index contributed by atoms with van der Waals surface area (Å²) in [6.07, 6.45) is 0. The van der Waals surface area contributed by atoms with Crippen LogP contribution in [0.1, 0.15) is 17.3 Å². The molecule has 7 nitrogen and oxygen atoms in total. The zero-order valence-corrected chi connectivity index (χ0v) is 15.9. The first-order valence-electron chi connectivity index (χ1n) is 7.90. The fourth-order valence-electron chi connectivity index (χ4n) is 2.41. The minimum Gasteiger partial charge on any atom is -0.318 e. The van der Waals surface area contributed by atoms with E-state index in [2.05, 4.69) is 15.2 Å². The van der Waals surface area contributed by atoms with E-state index in [1.54, 1.807) is 6.92 Å². The Hall–Kier alpha value is -2.49. The first-order valence-corrected chi connectivity index (χ1v) is 10.2. The molecule has 0 atom stereocenters. The van der Waals surface area contributed by atoms with E-state index < -0.39 is 15.9 Å². The second-order valence-electron chi connectivity index (χ2n) is 5.49. The lowest BCUT2D eigenvalue weighted by Crippen LogP contribution is -2.24. The van der Waals surface area contributed by atoms with E-state index >= 15 is 0 Å². The molecule has 1 amide bonds. The van der Waals surface area contributed by atoms with Gasteiger partial charge in [-0.05, 0) is 36.4 Å². The zero-order chi connectivity index (χ0) is 18.7. The fourth-order valence-corrected chi connectivity index (χ4v) is 4.43. The van der Waals surface area contributed by atoms with Crippen LogP contribution in [0.2, 0.25) is 0 Å². The van der Waals surface area contributed by atoms with Crippen LogP contribution in [-0.2, 0) is 17.1 Å². The average molecular weight is 390 g/mol. The molecule has 0 saturated carbocycles. The van der Waals surface area contributed by atoms with Gasteiger partial charge in [-0.3, -0.25) is 4.79 Å². The van der Waals surface area contributed by atoms with E-state index in [9.17, 15) is 13.2 Å². The normalized spacial score (nSPS) is 12.5. The van der Waals surface area contributed by atoms with Gasteiger partial charge in [0.2, 0.25) is 14.8 Å². The van der Waals surface area contributed by atoms with E-state index in [0.717, 1.165) is 10.2 Å². The van der Waals surface area contributed by atoms with Crippen LogP contribution in [0, 0.1) is 0 Å². The van der Waals surface area contributed by atoms with E-state index in [0.29, 0.717) is 16.9 Å². The number of amides is 1. The van der Waals surface area contributed by atoms with E-state index in [-0.39, 0.29) is 4.90 Å². The summed E-state index contributed by atoms with van der Waals surface area (Å²) < 4.78 is 29.2. The number of rotatable bonds is 5. The number of aryl methyl sites for hydroxylation is 1. The van der Waals surface area contributed by atoms with Crippen molar-refractivity contribution in [3.8, 4) is 0 Å². The van der Waals surface area contributed by atoms with Crippen molar-refractivity contribution in [2.24, 2.45) is 12.1 Å². The third-order valence-corrected chi connectivity index (χ3v) is 6.40. The number of aromatic nitrogens is 1. The summed E-state index contributed by atoms with van der Waals surface area (Å²) in [5.41, 5.74) is 3.87. The van der Waals surface area contributed by atoms with Gasteiger partial charge in [0.1, 0.15) is 0 Å². The molecule has 0 bridgehead atoms. The standard InChI is InChI=1S/C17H18N4O3S2/c1-3-18-26(23,24)13-10-8-12(9-11-13)16(22)19-20-17-21(2)14-6-4-5-7-15(14)25-17/h4-11,18H,3H2,1-2H3,(H,19,22)/b20-17-. The number of hydrogen-bond donors (Lipinski definition) is 2. The monoisotopic (exact) mass is 390 g/mol. The molecule has 2 aromatic carbocycles. The molecule has 0 unspecified atom stereocenters. The summed E-state index contributed by atoms with van der Waals surface area (Å²) in [6.45, 7) is 2.00. The van der Waals surface area contributed by atoms with Gasteiger partial charge in [0.15, 0.2) is 0 Å². The highest BCUT2D eigenvalue weighted by Gasteiger charge is 2.13. The molecule has 2 N–H and O–H groups in total. The van der Waals surface area contributed by atoms with Crippen molar-refractivity contribution in [1.29, 1.82) is 0 Å². The van der Waals surface area contributed by atoms with Crippen molar-refractivity contribution in [2.45, 2.75) is 11.8 Å². The number of nitrogens with zero attached hydrogens (tertiary/aromatic N) is 2. The number of thiazole rings is 1. The van der Waals surface area contributed by atoms with E-state index in [4.69, 9.17) is 0 Å². The molecule has 0 saturated heterocycles. The predicted octanol–water partition coefficient (Wildman–Crippen LogP) is 1.78. The first-order chi connectivity index (χ1) is 12.4. The van der Waals surface area contributed by atoms with Crippen molar-refractivity contribution in [1.82, 2.24) is 14.7 Å². The second kappa shape index (κ2) is 7.40. The van der Waals surface area contributed by atoms with Gasteiger partial charge >= 0.3 is 0 Å². The van der Waals surface area contributed by atoms with Gasteiger partial charge in [-0.1, -0.05) is 30.4 Å². The number of benzene rings is 2. The summed E-state index contributed by atoms with van der Waals surface area (Å²) in [6, 6.07) is 13.6. The Morgan fingerprint density at radius 1 is 1.15 bits per heavy atom. The van der Waals surface area contributed by atoms with Gasteiger partial charge in [-0.2, -0.15) is 0 Å². The van der Waals surface area contributed by atoms with Crippen molar-refractivity contribution < 1.29 is 13.2 Å². The molecular weight excluding hydrogens is 372 g/mol. The molecule has 0 fully saturated rings. The molecule has 1 aromatic heterocycles. The molecule has 0 aliphatic rings. The molecule has 3 rings (SSSR count). The van der Waals surface area contributed by atoms with Gasteiger partial charge in [0, 0.05) is 19.2 Å². The van der Waals surface area contributed by atoms with Crippen LogP contribution in [-0.4, -0.2) is 25.4 Å². The SMILES string of the molecule is CCNS(=O)(=O)c1ccc(C(=O)N/N=c2\sc3ccccc3n2C)cc1. The van der Waals surface area contributed by atoms with E-state index in [1.807, 2.05) is 35.9 Å². The number of sulfonamides is 1. The lowest BCUT2D eigenvalue weighted by molar-refractivity contribution is 0.0953. The number of hydrogen-bond acceptors (Lipinski definition) is 5. The Morgan fingerprint density at radius 3 is 2.50 bits per heavy atom. The topological polar surface area (TPSA) is 92.6 Å². The molecule has 3 aromatic rings. The average Bonchev–Trinajstić information content (AvgIpc) is 2.96. The molecular formula is C17H18N4O3S2. The Labute approximate surface area is 155 Å². The Kier molecular flexibility index (Phi) is 5.21. The van der Waals surface area contributed by atoms with Crippen LogP contribution in [0.25, 0.3) is 10.2 Å². The van der Waals surface area contributed by atoms with Crippen LogP contribution < -0.4 is 14.9 Å². The third-order valence-electron chi connectivity index (χ3n) is 3.73. The molecule has 1 heterocycles. The van der Waals surface area contributed by atoms with Crippen LogP contribution in [0.15, 0.2) is 58.5 Å². The number of nitrogens with one attached hydrogen (secondary N) is 2. The smallest absolute Gasteiger partial charge is 0.271 e. The molecule has 9 heteroatoms. The zero-order valence-electron chi connectivity index (χ0n) is 14.3. The maximum Gasteiger partial charge on any atom is 0.271 e. The minimum atomic E-state index is -3.54. The van der Waals surface area contributed by atoms with Crippen molar-refractivity contribution in [3.63, 3.8) is 0 Å². The van der Waals surface area contributed by atoms with Gasteiger partial charge in [0.25, 0.3) is 5.91 Å². The molecule has 0 aliphatic heterocycles. The lowest BCUT2D eigenvalue weighted by Gasteiger charge is -2.05. The molecule has 0 spiro atoms. The maximum absolute atomic E-state index is 12.3. The maximum atomic E-state index is 12.3. The van der Waals surface area contributed by atoms with Crippen molar-refractivity contribution in [2.75, 3.05) is 6.54 Å². The highest BCUT2D eigenvalue weighted by atomic mass is 32.2. The van der Waals surface area contributed by atoms with Gasteiger partial charge in [-0.15, -0.1) is 5.10 Å². The van der Waals surface area contributed by atoms with Crippen LogP contribution in [0.3, 0.4) is 0 Å². The van der Waals surface area contributed by atoms with Gasteiger partial charge in [0.05, 0.1) is 15.1 Å². The van der Waals surface area contributed by atoms with Crippen molar-refractivity contribution >= 4 is 37.5 Å². The predicted molar refractivity (Wildman–Crippen MR) is 101 cm³/mol. The summed E-state index contributed by atoms with van der Waals surface area (Å²) >= 11 is 1.47. The highest BCUT2D eigenvalue weighted by Crippen LogP contribution is 2.15. The Morgan fingerprint density at radius 2 is 1.85 bits per heavy atom. The van der Waals surface area contributed by atoms with Crippen LogP contribution in [0.5, 0.6) is 0 Å². The summed E-state index contributed by atoms with van der Waals surface area (Å²) in [7, 11) is -1.66. The molecule has 0 aliphatic carbocycles. The fraction of sp³-hybridized carbons (Fsp3) is 0.176. The van der Waals surface area contributed by atoms with E-state index in [1.165, 1.54) is 35.6 Å². The number of para-hydroxylation sites is 1. The molecule has 136 valence electrons. The quantitative estimate of drug-likeness (QED) is 0.651. The van der Waals surface area contributed by atoms with Crippen LogP contribution >= 0.6 is 11.3 Å². The third kappa shape index (κ3) is 3.69. The summed E-state index contributed by atoms with van der Waals surface area (Å²) in [5, 5.41) is 4.17. The summed E-state index contributed by atoms with van der Waals surface area (Å²) in [4.78, 5) is 13.0. The van der Waals surface area contributed by atoms with Crippen molar-refractivity contribution in [3.05, 3.63) is 58.9 Å². The van der Waals surface area contributed by atoms with Gasteiger partial charge < -0.3 is 4.57 Å². The minimum absolute atomic E-state index is 0.115. The Balaban J connectivity index is 1.80. The lowest BCUT2D eigenvalue weighted by atomic mass is 10.2. The van der Waals surface area contributed by atoms with Gasteiger partial charge in [-0.25, -0.2) is 18.6 Å². The second-order valence-corrected chi connectivity index (χ2v) is 8.27. The number of fused-ring (bicyclic) bond motifs is 1.